The summed E-state index contributed by atoms with van der Waals surface area (Å²) in [7, 11) is 1.83. The fraction of sp³-hybridized carbons (Fsp3) is 0.250. The quantitative estimate of drug-likeness (QED) is 0.768. The number of aromatic nitrogens is 4. The summed E-state index contributed by atoms with van der Waals surface area (Å²) in [5.74, 6) is 0.901. The maximum absolute atomic E-state index is 12.3. The van der Waals surface area contributed by atoms with Gasteiger partial charge in [-0.15, -0.1) is 0 Å². The van der Waals surface area contributed by atoms with Crippen molar-refractivity contribution in [3.05, 3.63) is 48.1 Å². The van der Waals surface area contributed by atoms with Crippen LogP contribution in [0.1, 0.15) is 24.4 Å². The van der Waals surface area contributed by atoms with Crippen molar-refractivity contribution >= 4 is 11.7 Å². The summed E-state index contributed by atoms with van der Waals surface area (Å²) >= 11 is 0. The maximum Gasteiger partial charge on any atom is 0.319 e. The largest absolute Gasteiger partial charge is 0.339 e. The van der Waals surface area contributed by atoms with Crippen LogP contribution in [0.25, 0.3) is 11.4 Å². The van der Waals surface area contributed by atoms with Crippen LogP contribution in [0.15, 0.2) is 41.2 Å². The Labute approximate surface area is 138 Å². The van der Waals surface area contributed by atoms with E-state index in [-0.39, 0.29) is 12.1 Å². The first-order valence-electron chi connectivity index (χ1n) is 7.48. The summed E-state index contributed by atoms with van der Waals surface area (Å²) in [6.07, 6.45) is 3.59. The molecule has 0 aliphatic rings. The zero-order valence-electron chi connectivity index (χ0n) is 13.6. The van der Waals surface area contributed by atoms with Crippen LogP contribution in [0.3, 0.4) is 0 Å². The Kier molecular flexibility index (Phi) is 4.28. The van der Waals surface area contributed by atoms with Crippen molar-refractivity contribution in [1.29, 1.82) is 0 Å². The van der Waals surface area contributed by atoms with E-state index in [0.29, 0.717) is 23.0 Å². The van der Waals surface area contributed by atoms with Gasteiger partial charge in [-0.3, -0.25) is 4.68 Å². The van der Waals surface area contributed by atoms with Gasteiger partial charge in [0.2, 0.25) is 11.7 Å². The van der Waals surface area contributed by atoms with Crippen LogP contribution in [-0.4, -0.2) is 26.0 Å². The van der Waals surface area contributed by atoms with Crippen LogP contribution < -0.4 is 10.6 Å². The second kappa shape index (κ2) is 6.53. The van der Waals surface area contributed by atoms with Crippen LogP contribution in [0.5, 0.6) is 0 Å². The lowest BCUT2D eigenvalue weighted by molar-refractivity contribution is 0.249. The molecule has 8 nitrogen and oxygen atoms in total. The minimum Gasteiger partial charge on any atom is -0.339 e. The number of carbonyl (C=O) groups is 1. The van der Waals surface area contributed by atoms with Gasteiger partial charge in [0.25, 0.3) is 0 Å². The highest BCUT2D eigenvalue weighted by molar-refractivity contribution is 5.93. The van der Waals surface area contributed by atoms with Gasteiger partial charge in [0.15, 0.2) is 0 Å². The summed E-state index contributed by atoms with van der Waals surface area (Å²) in [5, 5.41) is 13.7. The summed E-state index contributed by atoms with van der Waals surface area (Å²) in [4.78, 5) is 16.5. The molecule has 1 atom stereocenters. The van der Waals surface area contributed by atoms with E-state index < -0.39 is 0 Å². The highest BCUT2D eigenvalue weighted by atomic mass is 16.5. The number of hydrogen-bond acceptors (Lipinski definition) is 5. The third kappa shape index (κ3) is 3.43. The number of urea groups is 1. The van der Waals surface area contributed by atoms with Crippen LogP contribution in [0.4, 0.5) is 10.5 Å². The van der Waals surface area contributed by atoms with Gasteiger partial charge in [0.05, 0.1) is 17.9 Å². The Morgan fingerprint density at radius 3 is 2.79 bits per heavy atom. The summed E-state index contributed by atoms with van der Waals surface area (Å²) in [6.45, 7) is 3.61. The van der Waals surface area contributed by atoms with Crippen molar-refractivity contribution in [3.8, 4) is 11.4 Å². The zero-order valence-corrected chi connectivity index (χ0v) is 13.6. The van der Waals surface area contributed by atoms with E-state index in [4.69, 9.17) is 4.52 Å². The molecule has 2 N–H and O–H groups in total. The number of para-hydroxylation sites is 1. The Bertz CT molecular complexity index is 854. The number of nitrogens with one attached hydrogen (secondary N) is 2. The molecule has 0 bridgehead atoms. The molecule has 0 aliphatic carbocycles. The molecule has 24 heavy (non-hydrogen) atoms. The lowest BCUT2D eigenvalue weighted by Gasteiger charge is -2.14. The van der Waals surface area contributed by atoms with Crippen molar-refractivity contribution in [2.75, 3.05) is 5.32 Å². The third-order valence-corrected chi connectivity index (χ3v) is 3.52. The number of amides is 2. The first-order valence-corrected chi connectivity index (χ1v) is 7.48. The van der Waals surface area contributed by atoms with Crippen LogP contribution >= 0.6 is 0 Å². The van der Waals surface area contributed by atoms with E-state index >= 15 is 0 Å². The average Bonchev–Trinajstić information content (AvgIpc) is 3.16. The minimum atomic E-state index is -0.320. The van der Waals surface area contributed by atoms with E-state index in [0.717, 1.165) is 5.56 Å². The van der Waals surface area contributed by atoms with Gasteiger partial charge in [-0.2, -0.15) is 10.1 Å². The molecular weight excluding hydrogens is 308 g/mol. The van der Waals surface area contributed by atoms with Crippen molar-refractivity contribution in [3.63, 3.8) is 0 Å². The molecule has 0 fully saturated rings. The monoisotopic (exact) mass is 326 g/mol. The first-order chi connectivity index (χ1) is 11.5. The molecule has 1 aromatic carbocycles. The van der Waals surface area contributed by atoms with E-state index in [1.807, 2.05) is 38.4 Å². The van der Waals surface area contributed by atoms with Crippen molar-refractivity contribution in [2.24, 2.45) is 7.05 Å². The highest BCUT2D eigenvalue weighted by Gasteiger charge is 2.15. The average molecular weight is 326 g/mol. The number of anilines is 1. The molecule has 8 heteroatoms. The van der Waals surface area contributed by atoms with Gasteiger partial charge < -0.3 is 15.2 Å². The molecule has 0 saturated carbocycles. The van der Waals surface area contributed by atoms with Gasteiger partial charge in [0.1, 0.15) is 0 Å². The van der Waals surface area contributed by atoms with Gasteiger partial charge in [-0.25, -0.2) is 4.79 Å². The Morgan fingerprint density at radius 1 is 1.33 bits per heavy atom. The topological polar surface area (TPSA) is 97.9 Å². The van der Waals surface area contributed by atoms with Gasteiger partial charge >= 0.3 is 6.03 Å². The molecule has 2 amide bonds. The van der Waals surface area contributed by atoms with Gasteiger partial charge in [-0.1, -0.05) is 17.3 Å². The molecule has 124 valence electrons. The predicted octanol–water partition coefficient (Wildman–Crippen LogP) is 2.66. The summed E-state index contributed by atoms with van der Waals surface area (Å²) in [5.41, 5.74) is 2.22. The first kappa shape index (κ1) is 15.7. The molecule has 0 spiro atoms. The molecule has 3 aromatic rings. The van der Waals surface area contributed by atoms with Crippen LogP contribution in [0, 0.1) is 6.92 Å². The van der Waals surface area contributed by atoms with Crippen LogP contribution in [0.2, 0.25) is 0 Å². The lowest BCUT2D eigenvalue weighted by atomic mass is 10.1. The van der Waals surface area contributed by atoms with Gasteiger partial charge in [0, 0.05) is 31.3 Å². The number of rotatable bonds is 4. The number of aryl methyl sites for hydroxylation is 2. The van der Waals surface area contributed by atoms with Crippen molar-refractivity contribution < 1.29 is 9.32 Å². The SMILES string of the molecule is Cc1nc(-c2ccccc2NC(=O)NC(C)c2cnn(C)c2)no1. The molecular formula is C16H18N6O2. The number of benzene rings is 1. The van der Waals surface area contributed by atoms with Gasteiger partial charge in [-0.05, 0) is 19.1 Å². The van der Waals surface area contributed by atoms with Crippen LogP contribution in [-0.2, 0) is 7.05 Å². The highest BCUT2D eigenvalue weighted by Crippen LogP contribution is 2.25. The van der Waals surface area contributed by atoms with Crippen molar-refractivity contribution in [2.45, 2.75) is 19.9 Å². The maximum atomic E-state index is 12.3. The standard InChI is InChI=1S/C16H18N6O2/c1-10(12-8-17-22(3)9-12)18-16(23)20-14-7-5-4-6-13(14)15-19-11(2)24-21-15/h4-10H,1-3H3,(H2,18,20,23). The molecule has 0 aliphatic heterocycles. The Balaban J connectivity index is 1.73. The number of hydrogen-bond donors (Lipinski definition) is 2. The third-order valence-electron chi connectivity index (χ3n) is 3.52. The molecule has 0 radical (unpaired) electrons. The predicted molar refractivity (Wildman–Crippen MR) is 88.2 cm³/mol. The smallest absolute Gasteiger partial charge is 0.319 e. The Hall–Kier alpha value is -3.16. The fourth-order valence-electron chi connectivity index (χ4n) is 2.30. The zero-order chi connectivity index (χ0) is 17.1. The van der Waals surface area contributed by atoms with E-state index in [1.54, 1.807) is 23.9 Å². The second-order valence-corrected chi connectivity index (χ2v) is 5.45. The molecule has 3 rings (SSSR count). The lowest BCUT2D eigenvalue weighted by Crippen LogP contribution is -2.31. The summed E-state index contributed by atoms with van der Waals surface area (Å²) in [6, 6.07) is 6.80. The molecule has 0 saturated heterocycles. The number of nitrogens with zero attached hydrogens (tertiary/aromatic N) is 4. The van der Waals surface area contributed by atoms with Crippen molar-refractivity contribution in [1.82, 2.24) is 25.2 Å². The van der Waals surface area contributed by atoms with E-state index in [2.05, 4.69) is 25.9 Å². The molecule has 2 aromatic heterocycles. The minimum absolute atomic E-state index is 0.168. The summed E-state index contributed by atoms with van der Waals surface area (Å²) < 4.78 is 6.70. The number of carbonyl (C=O) groups excluding carboxylic acids is 1. The normalized spacial score (nSPS) is 12.0. The van der Waals surface area contributed by atoms with E-state index in [1.165, 1.54) is 0 Å². The van der Waals surface area contributed by atoms with E-state index in [9.17, 15) is 4.79 Å². The molecule has 1 unspecified atom stereocenters. The second-order valence-electron chi connectivity index (χ2n) is 5.45. The Morgan fingerprint density at radius 2 is 2.12 bits per heavy atom. The fourth-order valence-corrected chi connectivity index (χ4v) is 2.30. The molecule has 2 heterocycles.